The second-order valence-electron chi connectivity index (χ2n) is 14.8. The smallest absolute Gasteiger partial charge is 0.164 e. The summed E-state index contributed by atoms with van der Waals surface area (Å²) in [5.74, 6) is 1.92. The van der Waals surface area contributed by atoms with Gasteiger partial charge in [-0.1, -0.05) is 176 Å². The summed E-state index contributed by atoms with van der Waals surface area (Å²) < 4.78 is 6.76. The second kappa shape index (κ2) is 14.5. The molecule has 0 saturated heterocycles. The normalized spacial score (nSPS) is 11.4. The maximum absolute atomic E-state index is 6.76. The maximum atomic E-state index is 6.76. The third-order valence-electron chi connectivity index (χ3n) is 11.1. The lowest BCUT2D eigenvalue weighted by molar-refractivity contribution is 0.673. The lowest BCUT2D eigenvalue weighted by atomic mass is 9.93. The van der Waals surface area contributed by atoms with Crippen molar-refractivity contribution in [3.05, 3.63) is 212 Å². The van der Waals surface area contributed by atoms with E-state index < -0.39 is 0 Å². The van der Waals surface area contributed by atoms with Gasteiger partial charge in [-0.3, -0.25) is 0 Å². The maximum Gasteiger partial charge on any atom is 0.164 e. The van der Waals surface area contributed by atoms with Crippen molar-refractivity contribution < 1.29 is 4.42 Å². The van der Waals surface area contributed by atoms with Gasteiger partial charge in [-0.25, -0.2) is 15.0 Å². The molecule has 0 aliphatic heterocycles. The first-order valence-electron chi connectivity index (χ1n) is 19.8. The van der Waals surface area contributed by atoms with Crippen molar-refractivity contribution in [1.82, 2.24) is 15.0 Å². The first-order chi connectivity index (χ1) is 29.2. The third-order valence-corrected chi connectivity index (χ3v) is 11.1. The highest BCUT2D eigenvalue weighted by atomic mass is 16.3. The largest absolute Gasteiger partial charge is 0.455 e. The van der Waals surface area contributed by atoms with E-state index in [0.717, 1.165) is 66.3 Å². The zero-order valence-corrected chi connectivity index (χ0v) is 32.0. The van der Waals surface area contributed by atoms with E-state index in [1.807, 2.05) is 60.7 Å². The van der Waals surface area contributed by atoms with E-state index in [0.29, 0.717) is 17.5 Å². The first-order valence-corrected chi connectivity index (χ1v) is 19.8. The molecule has 0 N–H and O–H groups in total. The van der Waals surface area contributed by atoms with Crippen LogP contribution in [0, 0.1) is 0 Å². The van der Waals surface area contributed by atoms with Crippen LogP contribution in [0.2, 0.25) is 0 Å². The number of benzene rings is 9. The predicted molar refractivity (Wildman–Crippen MR) is 243 cm³/mol. The molecule has 0 saturated carbocycles. The van der Waals surface area contributed by atoms with Crippen molar-refractivity contribution in [1.29, 1.82) is 0 Å². The average molecular weight is 754 g/mol. The molecule has 2 aromatic heterocycles. The Kier molecular flexibility index (Phi) is 8.45. The van der Waals surface area contributed by atoms with Gasteiger partial charge in [-0.2, -0.15) is 0 Å². The van der Waals surface area contributed by atoms with Crippen molar-refractivity contribution in [2.45, 2.75) is 0 Å². The number of furan rings is 1. The minimum absolute atomic E-state index is 0.630. The molecule has 4 nitrogen and oxygen atoms in total. The van der Waals surface area contributed by atoms with Crippen molar-refractivity contribution in [2.24, 2.45) is 0 Å². The molecule has 0 bridgehead atoms. The van der Waals surface area contributed by atoms with Crippen LogP contribution in [0.25, 0.3) is 111 Å². The van der Waals surface area contributed by atoms with E-state index in [1.165, 1.54) is 27.6 Å². The van der Waals surface area contributed by atoms with Gasteiger partial charge in [-0.05, 0) is 86.3 Å². The van der Waals surface area contributed by atoms with Crippen LogP contribution in [0.3, 0.4) is 0 Å². The molecule has 0 aliphatic carbocycles. The summed E-state index contributed by atoms with van der Waals surface area (Å²) in [4.78, 5) is 14.8. The Labute approximate surface area is 341 Å². The van der Waals surface area contributed by atoms with Gasteiger partial charge in [-0.15, -0.1) is 0 Å². The van der Waals surface area contributed by atoms with Gasteiger partial charge in [0.15, 0.2) is 17.5 Å². The Bertz CT molecular complexity index is 3260. The van der Waals surface area contributed by atoms with E-state index in [2.05, 4.69) is 152 Å². The quantitative estimate of drug-likeness (QED) is 0.163. The van der Waals surface area contributed by atoms with Crippen molar-refractivity contribution in [3.63, 3.8) is 0 Å². The number of nitrogens with zero attached hydrogens (tertiary/aromatic N) is 3. The summed E-state index contributed by atoms with van der Waals surface area (Å²) >= 11 is 0. The van der Waals surface area contributed by atoms with Gasteiger partial charge >= 0.3 is 0 Å². The highest BCUT2D eigenvalue weighted by Gasteiger charge is 2.17. The molecule has 11 rings (SSSR count). The summed E-state index contributed by atoms with van der Waals surface area (Å²) in [6, 6.07) is 74.1. The number of fused-ring (bicyclic) bond motifs is 5. The Balaban J connectivity index is 0.968. The summed E-state index contributed by atoms with van der Waals surface area (Å²) in [5.41, 5.74) is 13.7. The van der Waals surface area contributed by atoms with Gasteiger partial charge < -0.3 is 4.42 Å². The van der Waals surface area contributed by atoms with E-state index in [4.69, 9.17) is 19.4 Å². The zero-order valence-electron chi connectivity index (χ0n) is 32.0. The Hall–Kier alpha value is -7.95. The highest BCUT2D eigenvalue weighted by Crippen LogP contribution is 2.42. The molecule has 0 aliphatic rings. The molecule has 11 aromatic rings. The SMILES string of the molecule is c1ccc(-c2cccc(-c3cc4c5ccc(-c6cccc(-c7cccc(-c8nc(-c9ccccc9)nc(-c9ccccc9)n8)c7)c6)cc5oc4c4ccccc34)c2)cc1. The molecule has 0 atom stereocenters. The van der Waals surface area contributed by atoms with Crippen LogP contribution in [-0.4, -0.2) is 15.0 Å². The summed E-state index contributed by atoms with van der Waals surface area (Å²) in [6.45, 7) is 0. The van der Waals surface area contributed by atoms with Crippen LogP contribution < -0.4 is 0 Å². The molecule has 4 heteroatoms. The predicted octanol–water partition coefficient (Wildman–Crippen LogP) is 14.6. The molecule has 0 fully saturated rings. The number of hydrogen-bond acceptors (Lipinski definition) is 4. The van der Waals surface area contributed by atoms with Gasteiger partial charge in [0.25, 0.3) is 0 Å². The van der Waals surface area contributed by atoms with E-state index >= 15 is 0 Å². The van der Waals surface area contributed by atoms with Gasteiger partial charge in [0, 0.05) is 32.8 Å². The summed E-state index contributed by atoms with van der Waals surface area (Å²) in [6.07, 6.45) is 0. The number of aromatic nitrogens is 3. The minimum atomic E-state index is 0.630. The van der Waals surface area contributed by atoms with Gasteiger partial charge in [0.05, 0.1) is 0 Å². The van der Waals surface area contributed by atoms with Gasteiger partial charge in [0.2, 0.25) is 0 Å². The van der Waals surface area contributed by atoms with Crippen LogP contribution in [0.4, 0.5) is 0 Å². The topological polar surface area (TPSA) is 51.8 Å². The van der Waals surface area contributed by atoms with E-state index in [1.54, 1.807) is 0 Å². The molecular weight excluding hydrogens is 719 g/mol. The number of hydrogen-bond donors (Lipinski definition) is 0. The van der Waals surface area contributed by atoms with Crippen molar-refractivity contribution in [3.8, 4) is 78.7 Å². The first kappa shape index (κ1) is 34.3. The highest BCUT2D eigenvalue weighted by molar-refractivity contribution is 6.19. The van der Waals surface area contributed by atoms with E-state index in [-0.39, 0.29) is 0 Å². The third kappa shape index (κ3) is 6.43. The van der Waals surface area contributed by atoms with Crippen LogP contribution in [0.5, 0.6) is 0 Å². The molecular formula is C55H35N3O. The molecule has 0 radical (unpaired) electrons. The fourth-order valence-corrected chi connectivity index (χ4v) is 8.17. The molecule has 59 heavy (non-hydrogen) atoms. The average Bonchev–Trinajstić information content (AvgIpc) is 3.70. The molecule has 9 aromatic carbocycles. The van der Waals surface area contributed by atoms with Crippen LogP contribution in [-0.2, 0) is 0 Å². The van der Waals surface area contributed by atoms with Gasteiger partial charge in [0.1, 0.15) is 11.2 Å². The van der Waals surface area contributed by atoms with Crippen LogP contribution in [0.1, 0.15) is 0 Å². The fourth-order valence-electron chi connectivity index (χ4n) is 8.17. The number of rotatable bonds is 7. The molecule has 0 amide bonds. The van der Waals surface area contributed by atoms with Crippen molar-refractivity contribution >= 4 is 32.7 Å². The monoisotopic (exact) mass is 753 g/mol. The second-order valence-corrected chi connectivity index (χ2v) is 14.8. The molecule has 0 unspecified atom stereocenters. The van der Waals surface area contributed by atoms with Crippen molar-refractivity contribution in [2.75, 3.05) is 0 Å². The molecule has 0 spiro atoms. The minimum Gasteiger partial charge on any atom is -0.455 e. The van der Waals surface area contributed by atoms with Crippen LogP contribution >= 0.6 is 0 Å². The Morgan fingerprint density at radius 3 is 1.29 bits per heavy atom. The summed E-state index contributed by atoms with van der Waals surface area (Å²) in [5, 5.41) is 4.49. The molecule has 2 heterocycles. The summed E-state index contributed by atoms with van der Waals surface area (Å²) in [7, 11) is 0. The standard InChI is InChI=1S/C55H35N3O/c1-4-15-36(16-5-1)39-21-13-25-44(32-39)49-35-50-47-30-29-43(34-51(47)59-52(50)48-28-11-10-27-46(48)49)41-23-12-22-40(31-41)42-24-14-26-45(33-42)55-57-53(37-17-6-2-7-18-37)56-54(58-55)38-19-8-3-9-20-38/h1-35H. The Morgan fingerprint density at radius 1 is 0.254 bits per heavy atom. The zero-order chi connectivity index (χ0) is 39.1. The lowest BCUT2D eigenvalue weighted by Crippen LogP contribution is -2.00. The van der Waals surface area contributed by atoms with E-state index in [9.17, 15) is 0 Å². The Morgan fingerprint density at radius 2 is 0.678 bits per heavy atom. The lowest BCUT2D eigenvalue weighted by Gasteiger charge is -2.10. The fraction of sp³-hybridized carbons (Fsp3) is 0. The molecule has 276 valence electrons. The van der Waals surface area contributed by atoms with Crippen LogP contribution in [0.15, 0.2) is 217 Å².